The van der Waals surface area contributed by atoms with E-state index in [0.717, 1.165) is 28.1 Å². The molecule has 25 heavy (non-hydrogen) atoms. The molecule has 2 unspecified atom stereocenters. The molecule has 0 radical (unpaired) electrons. The normalized spacial score (nSPS) is 13.7. The quantitative estimate of drug-likeness (QED) is 0.746. The number of fused-ring (bicyclic) bond motifs is 3. The van der Waals surface area contributed by atoms with Gasteiger partial charge in [0, 0.05) is 16.3 Å². The van der Waals surface area contributed by atoms with Crippen LogP contribution >= 0.6 is 0 Å². The van der Waals surface area contributed by atoms with Crippen LogP contribution in [0.1, 0.15) is 36.4 Å². The molecule has 0 aliphatic rings. The summed E-state index contributed by atoms with van der Waals surface area (Å²) in [6, 6.07) is 11.1. The molecule has 1 aromatic heterocycles. The van der Waals surface area contributed by atoms with Gasteiger partial charge in [-0.2, -0.15) is 0 Å². The van der Waals surface area contributed by atoms with Gasteiger partial charge in [-0.3, -0.25) is 9.59 Å². The first-order valence-corrected chi connectivity index (χ1v) is 8.45. The zero-order valence-corrected chi connectivity index (χ0v) is 14.6. The Labute approximate surface area is 146 Å². The molecule has 2 aromatic carbocycles. The fraction of sp³-hybridized carbons (Fsp3) is 0.300. The molecule has 0 aliphatic heterocycles. The van der Waals surface area contributed by atoms with Crippen molar-refractivity contribution in [3.63, 3.8) is 0 Å². The van der Waals surface area contributed by atoms with E-state index in [4.69, 9.17) is 10.2 Å². The Morgan fingerprint density at radius 1 is 1.16 bits per heavy atom. The third kappa shape index (κ3) is 2.97. The summed E-state index contributed by atoms with van der Waals surface area (Å²) in [4.78, 5) is 24.4. The number of furan rings is 1. The van der Waals surface area contributed by atoms with Crippen LogP contribution in [0.4, 0.5) is 0 Å². The van der Waals surface area contributed by atoms with Crippen molar-refractivity contribution in [3.05, 3.63) is 47.7 Å². The van der Waals surface area contributed by atoms with Crippen molar-refractivity contribution in [2.45, 2.75) is 33.2 Å². The molecule has 3 rings (SSSR count). The molecule has 0 fully saturated rings. The van der Waals surface area contributed by atoms with Gasteiger partial charge >= 0.3 is 0 Å². The van der Waals surface area contributed by atoms with Gasteiger partial charge in [0.1, 0.15) is 11.6 Å². The highest BCUT2D eigenvalue weighted by molar-refractivity contribution is 6.09. The van der Waals surface area contributed by atoms with Gasteiger partial charge in [0.25, 0.3) is 5.91 Å². The standard InChI is InChI=1S/C20H22N2O3/c1-4-11(2)16(19(21)23)22-20(24)17-12(3)14-10-9-13-7-5-6-8-15(13)18(14)25-17/h5-11,16H,4H2,1-3H3,(H2,21,23)(H,22,24). The largest absolute Gasteiger partial charge is 0.450 e. The summed E-state index contributed by atoms with van der Waals surface area (Å²) in [7, 11) is 0. The van der Waals surface area contributed by atoms with Crippen LogP contribution < -0.4 is 11.1 Å². The zero-order chi connectivity index (χ0) is 18.1. The van der Waals surface area contributed by atoms with Gasteiger partial charge in [-0.25, -0.2) is 0 Å². The summed E-state index contributed by atoms with van der Waals surface area (Å²) in [6.07, 6.45) is 0.734. The van der Waals surface area contributed by atoms with Crippen LogP contribution in [0.5, 0.6) is 0 Å². The van der Waals surface area contributed by atoms with E-state index in [2.05, 4.69) is 5.32 Å². The molecule has 130 valence electrons. The van der Waals surface area contributed by atoms with E-state index in [-0.39, 0.29) is 11.7 Å². The Hall–Kier alpha value is -2.82. The summed E-state index contributed by atoms with van der Waals surface area (Å²) < 4.78 is 5.90. The molecule has 5 heteroatoms. The molecular weight excluding hydrogens is 316 g/mol. The fourth-order valence-electron chi connectivity index (χ4n) is 3.10. The summed E-state index contributed by atoms with van der Waals surface area (Å²) in [5.41, 5.74) is 6.88. The van der Waals surface area contributed by atoms with Crippen LogP contribution in [0.3, 0.4) is 0 Å². The van der Waals surface area contributed by atoms with Crippen molar-refractivity contribution in [1.82, 2.24) is 5.32 Å². The van der Waals surface area contributed by atoms with Gasteiger partial charge in [0.05, 0.1) is 0 Å². The van der Waals surface area contributed by atoms with Crippen LogP contribution in [-0.2, 0) is 4.79 Å². The smallest absolute Gasteiger partial charge is 0.287 e. The average molecular weight is 338 g/mol. The highest BCUT2D eigenvalue weighted by atomic mass is 16.3. The first-order chi connectivity index (χ1) is 11.9. The van der Waals surface area contributed by atoms with E-state index in [0.29, 0.717) is 5.58 Å². The van der Waals surface area contributed by atoms with Crippen molar-refractivity contribution >= 4 is 33.6 Å². The molecule has 3 aromatic rings. The molecule has 0 bridgehead atoms. The van der Waals surface area contributed by atoms with Gasteiger partial charge in [-0.1, -0.05) is 56.7 Å². The number of carbonyl (C=O) groups excluding carboxylic acids is 2. The minimum Gasteiger partial charge on any atom is -0.450 e. The first-order valence-electron chi connectivity index (χ1n) is 8.45. The Morgan fingerprint density at radius 3 is 2.56 bits per heavy atom. The lowest BCUT2D eigenvalue weighted by Gasteiger charge is -2.20. The molecule has 0 spiro atoms. The summed E-state index contributed by atoms with van der Waals surface area (Å²) in [5.74, 6) is -0.781. The van der Waals surface area contributed by atoms with Crippen LogP contribution in [0.2, 0.25) is 0 Å². The molecule has 2 atom stereocenters. The fourth-order valence-corrected chi connectivity index (χ4v) is 3.10. The minimum atomic E-state index is -0.721. The average Bonchev–Trinajstić information content (AvgIpc) is 2.96. The second kappa shape index (κ2) is 6.59. The lowest BCUT2D eigenvalue weighted by atomic mass is 9.98. The lowest BCUT2D eigenvalue weighted by Crippen LogP contribution is -2.48. The first kappa shape index (κ1) is 17.0. The van der Waals surface area contributed by atoms with Gasteiger partial charge in [-0.15, -0.1) is 0 Å². The second-order valence-electron chi connectivity index (χ2n) is 6.46. The van der Waals surface area contributed by atoms with E-state index in [1.165, 1.54) is 0 Å². The van der Waals surface area contributed by atoms with Gasteiger partial charge in [0.15, 0.2) is 5.76 Å². The van der Waals surface area contributed by atoms with E-state index in [1.807, 2.05) is 57.2 Å². The molecule has 0 saturated heterocycles. The number of primary amides is 1. The molecule has 1 heterocycles. The number of hydrogen-bond acceptors (Lipinski definition) is 3. The molecular formula is C20H22N2O3. The number of nitrogens with two attached hydrogens (primary N) is 1. The number of hydrogen-bond donors (Lipinski definition) is 2. The van der Waals surface area contributed by atoms with Gasteiger partial charge < -0.3 is 15.5 Å². The number of carbonyl (C=O) groups is 2. The Bertz CT molecular complexity index is 958. The van der Waals surface area contributed by atoms with Crippen LogP contribution in [0.25, 0.3) is 21.7 Å². The summed E-state index contributed by atoms with van der Waals surface area (Å²) in [6.45, 7) is 5.68. The van der Waals surface area contributed by atoms with Crippen molar-refractivity contribution in [3.8, 4) is 0 Å². The van der Waals surface area contributed by atoms with E-state index in [9.17, 15) is 9.59 Å². The number of benzene rings is 2. The second-order valence-corrected chi connectivity index (χ2v) is 6.46. The highest BCUT2D eigenvalue weighted by Gasteiger charge is 2.27. The third-order valence-corrected chi connectivity index (χ3v) is 4.84. The number of rotatable bonds is 5. The maximum atomic E-state index is 12.7. The third-order valence-electron chi connectivity index (χ3n) is 4.84. The zero-order valence-electron chi connectivity index (χ0n) is 14.6. The van der Waals surface area contributed by atoms with Crippen LogP contribution in [0, 0.1) is 12.8 Å². The highest BCUT2D eigenvalue weighted by Crippen LogP contribution is 2.31. The molecule has 0 aliphatic carbocycles. The summed E-state index contributed by atoms with van der Waals surface area (Å²) in [5, 5.41) is 5.62. The monoisotopic (exact) mass is 338 g/mol. The molecule has 5 nitrogen and oxygen atoms in total. The van der Waals surface area contributed by atoms with Crippen molar-refractivity contribution < 1.29 is 14.0 Å². The number of amides is 2. The number of aryl methyl sites for hydroxylation is 1. The SMILES string of the molecule is CCC(C)C(NC(=O)c1oc2c(ccc3ccccc32)c1C)C(N)=O. The predicted octanol–water partition coefficient (Wildman–Crippen LogP) is 3.52. The van der Waals surface area contributed by atoms with E-state index in [1.54, 1.807) is 0 Å². The lowest BCUT2D eigenvalue weighted by molar-refractivity contribution is -0.120. The maximum Gasteiger partial charge on any atom is 0.287 e. The Morgan fingerprint density at radius 2 is 1.88 bits per heavy atom. The molecule has 3 N–H and O–H groups in total. The maximum absolute atomic E-state index is 12.7. The van der Waals surface area contributed by atoms with Crippen LogP contribution in [0.15, 0.2) is 40.8 Å². The van der Waals surface area contributed by atoms with Crippen molar-refractivity contribution in [2.75, 3.05) is 0 Å². The van der Waals surface area contributed by atoms with Gasteiger partial charge in [0.2, 0.25) is 5.91 Å². The van der Waals surface area contributed by atoms with Crippen LogP contribution in [-0.4, -0.2) is 17.9 Å². The Kier molecular flexibility index (Phi) is 4.49. The minimum absolute atomic E-state index is 0.0491. The molecule has 2 amide bonds. The van der Waals surface area contributed by atoms with Gasteiger partial charge in [-0.05, 0) is 18.2 Å². The Balaban J connectivity index is 2.03. The molecule has 0 saturated carbocycles. The van der Waals surface area contributed by atoms with E-state index >= 15 is 0 Å². The van der Waals surface area contributed by atoms with E-state index < -0.39 is 17.9 Å². The van der Waals surface area contributed by atoms with Crippen molar-refractivity contribution in [2.24, 2.45) is 11.7 Å². The topological polar surface area (TPSA) is 85.3 Å². The number of nitrogens with one attached hydrogen (secondary N) is 1. The summed E-state index contributed by atoms with van der Waals surface area (Å²) >= 11 is 0. The predicted molar refractivity (Wildman–Crippen MR) is 98.4 cm³/mol. The van der Waals surface area contributed by atoms with Crippen molar-refractivity contribution in [1.29, 1.82) is 0 Å².